The SMILES string of the molecule is C[C](C)C[C@H]1CCNC1. The molecule has 0 bridgehead atoms. The van der Waals surface area contributed by atoms with Crippen molar-refractivity contribution in [1.82, 2.24) is 5.32 Å². The molecule has 0 aromatic carbocycles. The lowest BCUT2D eigenvalue weighted by molar-refractivity contribution is 0.545. The van der Waals surface area contributed by atoms with Crippen molar-refractivity contribution < 1.29 is 0 Å². The Balaban J connectivity index is 2.11. The topological polar surface area (TPSA) is 12.0 Å². The van der Waals surface area contributed by atoms with E-state index in [2.05, 4.69) is 19.2 Å². The molecule has 1 saturated heterocycles. The standard InChI is InChI=1S/C8H16N/c1-7(2)5-8-3-4-9-6-8/h8-9H,3-6H2,1-2H3/t8-/m1/s1. The van der Waals surface area contributed by atoms with E-state index in [1.807, 2.05) is 0 Å². The summed E-state index contributed by atoms with van der Waals surface area (Å²) in [7, 11) is 0. The van der Waals surface area contributed by atoms with Gasteiger partial charge in [-0.3, -0.25) is 0 Å². The number of nitrogens with one attached hydrogen (secondary N) is 1. The Bertz CT molecular complexity index is 72.6. The van der Waals surface area contributed by atoms with Crippen LogP contribution in [0.2, 0.25) is 0 Å². The summed E-state index contributed by atoms with van der Waals surface area (Å²) in [5.74, 6) is 2.51. The van der Waals surface area contributed by atoms with Crippen LogP contribution in [0.15, 0.2) is 0 Å². The van der Waals surface area contributed by atoms with Crippen LogP contribution in [0, 0.1) is 11.8 Å². The molecule has 0 aliphatic carbocycles. The van der Waals surface area contributed by atoms with Gasteiger partial charge in [-0.05, 0) is 37.8 Å². The molecule has 0 amide bonds. The van der Waals surface area contributed by atoms with Crippen molar-refractivity contribution in [3.05, 3.63) is 5.92 Å². The molecule has 53 valence electrons. The molecule has 0 saturated carbocycles. The molecule has 1 heteroatoms. The second kappa shape index (κ2) is 3.21. The molecule has 1 radical (unpaired) electrons. The third-order valence-corrected chi connectivity index (χ3v) is 1.86. The minimum Gasteiger partial charge on any atom is -0.316 e. The second-order valence-corrected chi connectivity index (χ2v) is 3.27. The first-order valence-corrected chi connectivity index (χ1v) is 3.79. The summed E-state index contributed by atoms with van der Waals surface area (Å²) in [6.07, 6.45) is 2.71. The summed E-state index contributed by atoms with van der Waals surface area (Å²) in [4.78, 5) is 0. The van der Waals surface area contributed by atoms with Crippen molar-refractivity contribution in [3.8, 4) is 0 Å². The van der Waals surface area contributed by atoms with Gasteiger partial charge in [0.2, 0.25) is 0 Å². The Morgan fingerprint density at radius 3 is 2.78 bits per heavy atom. The summed E-state index contributed by atoms with van der Waals surface area (Å²) in [5.41, 5.74) is 0. The van der Waals surface area contributed by atoms with E-state index in [0.717, 1.165) is 5.92 Å². The van der Waals surface area contributed by atoms with E-state index in [0.29, 0.717) is 0 Å². The molecule has 1 rings (SSSR count). The fourth-order valence-electron chi connectivity index (χ4n) is 1.47. The first kappa shape index (κ1) is 7.07. The van der Waals surface area contributed by atoms with Crippen LogP contribution < -0.4 is 5.32 Å². The third-order valence-electron chi connectivity index (χ3n) is 1.86. The van der Waals surface area contributed by atoms with Crippen LogP contribution in [0.25, 0.3) is 0 Å². The van der Waals surface area contributed by atoms with Crippen LogP contribution in [0.5, 0.6) is 0 Å². The molecule has 1 N–H and O–H groups in total. The lowest BCUT2D eigenvalue weighted by Crippen LogP contribution is -2.09. The average molecular weight is 126 g/mol. The second-order valence-electron chi connectivity index (χ2n) is 3.27. The van der Waals surface area contributed by atoms with Crippen LogP contribution in [-0.4, -0.2) is 13.1 Å². The molecule has 1 heterocycles. The monoisotopic (exact) mass is 126 g/mol. The molecular formula is C8H16N. The molecular weight excluding hydrogens is 110 g/mol. The highest BCUT2D eigenvalue weighted by molar-refractivity contribution is 4.84. The smallest absolute Gasteiger partial charge is 0.00198 e. The Morgan fingerprint density at radius 2 is 2.33 bits per heavy atom. The molecule has 1 atom stereocenters. The maximum absolute atomic E-state index is 3.36. The summed E-state index contributed by atoms with van der Waals surface area (Å²) in [6.45, 7) is 6.92. The van der Waals surface area contributed by atoms with Crippen LogP contribution in [0.4, 0.5) is 0 Å². The fourth-order valence-corrected chi connectivity index (χ4v) is 1.47. The first-order valence-electron chi connectivity index (χ1n) is 3.79. The van der Waals surface area contributed by atoms with Gasteiger partial charge in [0.1, 0.15) is 0 Å². The van der Waals surface area contributed by atoms with Gasteiger partial charge >= 0.3 is 0 Å². The predicted molar refractivity (Wildman–Crippen MR) is 40.2 cm³/mol. The van der Waals surface area contributed by atoms with E-state index in [4.69, 9.17) is 0 Å². The van der Waals surface area contributed by atoms with E-state index >= 15 is 0 Å². The van der Waals surface area contributed by atoms with Gasteiger partial charge in [-0.1, -0.05) is 13.8 Å². The van der Waals surface area contributed by atoms with Gasteiger partial charge in [0.25, 0.3) is 0 Å². The maximum atomic E-state index is 3.36. The number of hydrogen-bond donors (Lipinski definition) is 1. The van der Waals surface area contributed by atoms with E-state index in [1.165, 1.54) is 25.9 Å². The largest absolute Gasteiger partial charge is 0.316 e. The van der Waals surface area contributed by atoms with Crippen molar-refractivity contribution >= 4 is 0 Å². The van der Waals surface area contributed by atoms with Crippen molar-refractivity contribution in [2.75, 3.05) is 13.1 Å². The van der Waals surface area contributed by atoms with Gasteiger partial charge in [-0.15, -0.1) is 0 Å². The third kappa shape index (κ3) is 2.35. The van der Waals surface area contributed by atoms with Crippen LogP contribution >= 0.6 is 0 Å². The first-order chi connectivity index (χ1) is 4.29. The quantitative estimate of drug-likeness (QED) is 0.592. The van der Waals surface area contributed by atoms with Crippen LogP contribution in [-0.2, 0) is 0 Å². The molecule has 0 spiro atoms. The minimum atomic E-state index is 0.940. The zero-order chi connectivity index (χ0) is 6.69. The van der Waals surface area contributed by atoms with E-state index < -0.39 is 0 Å². The normalized spacial score (nSPS) is 27.7. The molecule has 9 heavy (non-hydrogen) atoms. The number of hydrogen-bond acceptors (Lipinski definition) is 1. The van der Waals surface area contributed by atoms with E-state index in [-0.39, 0.29) is 0 Å². The lowest BCUT2D eigenvalue weighted by atomic mass is 9.97. The highest BCUT2D eigenvalue weighted by atomic mass is 14.9. The average Bonchev–Trinajstić information content (AvgIpc) is 2.15. The highest BCUT2D eigenvalue weighted by Crippen LogP contribution is 2.18. The van der Waals surface area contributed by atoms with Gasteiger partial charge in [0.15, 0.2) is 0 Å². The fraction of sp³-hybridized carbons (Fsp3) is 0.875. The van der Waals surface area contributed by atoms with Crippen LogP contribution in [0.3, 0.4) is 0 Å². The lowest BCUT2D eigenvalue weighted by Gasteiger charge is -2.09. The van der Waals surface area contributed by atoms with Crippen molar-refractivity contribution in [2.45, 2.75) is 26.7 Å². The molecule has 0 aromatic rings. The van der Waals surface area contributed by atoms with Gasteiger partial charge in [0, 0.05) is 0 Å². The zero-order valence-electron chi connectivity index (χ0n) is 6.41. The molecule has 1 aliphatic rings. The van der Waals surface area contributed by atoms with Gasteiger partial charge in [0.05, 0.1) is 0 Å². The van der Waals surface area contributed by atoms with Gasteiger partial charge in [-0.25, -0.2) is 0 Å². The maximum Gasteiger partial charge on any atom is -0.00198 e. The molecule has 1 aliphatic heterocycles. The van der Waals surface area contributed by atoms with Gasteiger partial charge in [-0.2, -0.15) is 0 Å². The summed E-state index contributed by atoms with van der Waals surface area (Å²) in [6, 6.07) is 0. The van der Waals surface area contributed by atoms with E-state index in [1.54, 1.807) is 5.92 Å². The highest BCUT2D eigenvalue weighted by Gasteiger charge is 2.14. The van der Waals surface area contributed by atoms with Crippen molar-refractivity contribution in [1.29, 1.82) is 0 Å². The van der Waals surface area contributed by atoms with Crippen molar-refractivity contribution in [2.24, 2.45) is 5.92 Å². The Labute approximate surface area is 57.8 Å². The molecule has 0 aromatic heterocycles. The Morgan fingerprint density at radius 1 is 1.56 bits per heavy atom. The summed E-state index contributed by atoms with van der Waals surface area (Å²) in [5, 5.41) is 3.36. The molecule has 1 fully saturated rings. The molecule has 0 unspecified atom stereocenters. The summed E-state index contributed by atoms with van der Waals surface area (Å²) < 4.78 is 0. The molecule has 1 nitrogen and oxygen atoms in total. The Hall–Kier alpha value is -0.0400. The summed E-state index contributed by atoms with van der Waals surface area (Å²) >= 11 is 0. The van der Waals surface area contributed by atoms with Gasteiger partial charge < -0.3 is 5.32 Å². The Kier molecular flexibility index (Phi) is 2.52. The number of rotatable bonds is 2. The van der Waals surface area contributed by atoms with Crippen molar-refractivity contribution in [3.63, 3.8) is 0 Å². The van der Waals surface area contributed by atoms with Crippen LogP contribution in [0.1, 0.15) is 26.7 Å². The zero-order valence-corrected chi connectivity index (χ0v) is 6.41. The van der Waals surface area contributed by atoms with E-state index in [9.17, 15) is 0 Å². The predicted octanol–water partition coefficient (Wildman–Crippen LogP) is 1.60. The minimum absolute atomic E-state index is 0.940.